The topological polar surface area (TPSA) is 68.4 Å². The van der Waals surface area contributed by atoms with Crippen LogP contribution in [-0.2, 0) is 11.2 Å². The fourth-order valence-corrected chi connectivity index (χ4v) is 1.68. The number of aliphatic hydroxyl groups is 1. The van der Waals surface area contributed by atoms with Crippen molar-refractivity contribution in [1.82, 2.24) is 10.1 Å². The van der Waals surface area contributed by atoms with E-state index in [1.807, 2.05) is 13.8 Å². The molecular weight excluding hydrogens is 208 g/mol. The molecule has 1 N–H and O–H groups in total. The molecular formula is C11H18N2O3. The molecule has 0 aromatic carbocycles. The summed E-state index contributed by atoms with van der Waals surface area (Å²) in [4.78, 5) is 4.25. The van der Waals surface area contributed by atoms with Gasteiger partial charge in [-0.1, -0.05) is 19.0 Å². The third-order valence-corrected chi connectivity index (χ3v) is 2.85. The van der Waals surface area contributed by atoms with Crippen molar-refractivity contribution in [3.63, 3.8) is 0 Å². The molecule has 0 bridgehead atoms. The van der Waals surface area contributed by atoms with Crippen LogP contribution in [0.5, 0.6) is 0 Å². The van der Waals surface area contributed by atoms with Crippen LogP contribution in [0, 0.1) is 5.92 Å². The number of nitrogens with zero attached hydrogens (tertiary/aromatic N) is 2. The molecule has 5 nitrogen and oxygen atoms in total. The van der Waals surface area contributed by atoms with Gasteiger partial charge < -0.3 is 14.4 Å². The highest BCUT2D eigenvalue weighted by Crippen LogP contribution is 2.26. The Morgan fingerprint density at radius 2 is 2.31 bits per heavy atom. The summed E-state index contributed by atoms with van der Waals surface area (Å²) in [5.74, 6) is 1.30. The Bertz CT molecular complexity index is 332. The zero-order valence-corrected chi connectivity index (χ0v) is 9.72. The van der Waals surface area contributed by atoms with Gasteiger partial charge in [0.2, 0.25) is 11.7 Å². The van der Waals surface area contributed by atoms with E-state index in [0.29, 0.717) is 18.1 Å². The molecule has 0 radical (unpaired) electrons. The number of ether oxygens (including phenoxy) is 1. The van der Waals surface area contributed by atoms with Gasteiger partial charge in [-0.05, 0) is 18.8 Å². The van der Waals surface area contributed by atoms with E-state index in [4.69, 9.17) is 9.26 Å². The summed E-state index contributed by atoms with van der Waals surface area (Å²) in [7, 11) is 0. The Labute approximate surface area is 94.8 Å². The third-order valence-electron chi connectivity index (χ3n) is 2.85. The van der Waals surface area contributed by atoms with Crippen LogP contribution in [0.3, 0.4) is 0 Å². The minimum absolute atomic E-state index is 0.0197. The van der Waals surface area contributed by atoms with E-state index in [1.165, 1.54) is 0 Å². The van der Waals surface area contributed by atoms with Gasteiger partial charge in [0.25, 0.3) is 0 Å². The van der Waals surface area contributed by atoms with Crippen molar-refractivity contribution >= 4 is 0 Å². The van der Waals surface area contributed by atoms with Crippen LogP contribution < -0.4 is 0 Å². The lowest BCUT2D eigenvalue weighted by atomic mass is 10.0. The number of aliphatic hydroxyl groups excluding tert-OH is 1. The van der Waals surface area contributed by atoms with Crippen molar-refractivity contribution in [3.05, 3.63) is 11.7 Å². The molecule has 1 saturated heterocycles. The van der Waals surface area contributed by atoms with Crippen LogP contribution in [0.25, 0.3) is 0 Å². The highest BCUT2D eigenvalue weighted by Gasteiger charge is 2.24. The number of aromatic nitrogens is 2. The first kappa shape index (κ1) is 11.5. The maximum Gasteiger partial charge on any atom is 0.229 e. The monoisotopic (exact) mass is 226 g/mol. The van der Waals surface area contributed by atoms with Gasteiger partial charge in [0.1, 0.15) is 6.10 Å². The molecule has 90 valence electrons. The molecule has 0 spiro atoms. The van der Waals surface area contributed by atoms with Crippen LogP contribution in [0.1, 0.15) is 44.5 Å². The molecule has 0 amide bonds. The molecule has 5 heteroatoms. The standard InChI is InChI=1S/C11H18N2O3/c1-7(2)8(14)6-10-12-11(13-16-10)9-4-3-5-15-9/h7-9,14H,3-6H2,1-2H3/t8-,9-/m1/s1. The van der Waals surface area contributed by atoms with E-state index in [1.54, 1.807) is 0 Å². The first-order valence-electron chi connectivity index (χ1n) is 5.79. The summed E-state index contributed by atoms with van der Waals surface area (Å²) >= 11 is 0. The number of hydrogen-bond acceptors (Lipinski definition) is 5. The van der Waals surface area contributed by atoms with Crippen molar-refractivity contribution < 1.29 is 14.4 Å². The first-order chi connectivity index (χ1) is 7.66. The van der Waals surface area contributed by atoms with Crippen molar-refractivity contribution in [2.45, 2.75) is 45.3 Å². The predicted octanol–water partition coefficient (Wildman–Crippen LogP) is 1.48. The van der Waals surface area contributed by atoms with E-state index in [0.717, 1.165) is 19.4 Å². The quantitative estimate of drug-likeness (QED) is 0.842. The second-order valence-corrected chi connectivity index (χ2v) is 4.56. The first-order valence-corrected chi connectivity index (χ1v) is 5.79. The van der Waals surface area contributed by atoms with Crippen LogP contribution in [0.2, 0.25) is 0 Å². The molecule has 0 saturated carbocycles. The molecule has 1 fully saturated rings. The fourth-order valence-electron chi connectivity index (χ4n) is 1.68. The molecule has 1 aromatic heterocycles. The van der Waals surface area contributed by atoms with E-state index in [2.05, 4.69) is 10.1 Å². The van der Waals surface area contributed by atoms with Crippen molar-refractivity contribution in [1.29, 1.82) is 0 Å². The second kappa shape index (κ2) is 4.93. The average molecular weight is 226 g/mol. The summed E-state index contributed by atoms with van der Waals surface area (Å²) in [5, 5.41) is 13.6. The van der Waals surface area contributed by atoms with Gasteiger partial charge in [0.05, 0.1) is 12.5 Å². The van der Waals surface area contributed by atoms with Gasteiger partial charge in [0.15, 0.2) is 0 Å². The van der Waals surface area contributed by atoms with Gasteiger partial charge in [-0.25, -0.2) is 0 Å². The lowest BCUT2D eigenvalue weighted by Gasteiger charge is -2.10. The van der Waals surface area contributed by atoms with Crippen molar-refractivity contribution in [3.8, 4) is 0 Å². The SMILES string of the molecule is CC(C)[C@H](O)Cc1nc([C@H]2CCCO2)no1. The largest absolute Gasteiger partial charge is 0.392 e. The van der Waals surface area contributed by atoms with Crippen molar-refractivity contribution in [2.24, 2.45) is 5.92 Å². The fraction of sp³-hybridized carbons (Fsp3) is 0.818. The zero-order valence-electron chi connectivity index (χ0n) is 9.72. The lowest BCUT2D eigenvalue weighted by Crippen LogP contribution is -2.17. The molecule has 0 aliphatic carbocycles. The Kier molecular flexibility index (Phi) is 3.56. The van der Waals surface area contributed by atoms with Crippen LogP contribution in [0.4, 0.5) is 0 Å². The maximum atomic E-state index is 9.70. The molecule has 1 aromatic rings. The third kappa shape index (κ3) is 2.59. The number of rotatable bonds is 4. The summed E-state index contributed by atoms with van der Waals surface area (Å²) < 4.78 is 10.6. The molecule has 1 aliphatic heterocycles. The van der Waals surface area contributed by atoms with E-state index < -0.39 is 6.10 Å². The molecule has 1 aliphatic rings. The Morgan fingerprint density at radius 1 is 1.50 bits per heavy atom. The molecule has 2 rings (SSSR count). The predicted molar refractivity (Wildman–Crippen MR) is 56.8 cm³/mol. The van der Waals surface area contributed by atoms with Crippen LogP contribution in [-0.4, -0.2) is 28.0 Å². The Hall–Kier alpha value is -0.940. The maximum absolute atomic E-state index is 9.70. The average Bonchev–Trinajstić information content (AvgIpc) is 2.85. The summed E-state index contributed by atoms with van der Waals surface area (Å²) in [5.41, 5.74) is 0. The molecule has 0 unspecified atom stereocenters. The smallest absolute Gasteiger partial charge is 0.229 e. The summed E-state index contributed by atoms with van der Waals surface area (Å²) in [6.45, 7) is 4.69. The minimum atomic E-state index is -0.433. The van der Waals surface area contributed by atoms with Crippen LogP contribution in [0.15, 0.2) is 4.52 Å². The van der Waals surface area contributed by atoms with E-state index in [9.17, 15) is 5.11 Å². The summed E-state index contributed by atoms with van der Waals surface area (Å²) in [6.07, 6.45) is 1.96. The second-order valence-electron chi connectivity index (χ2n) is 4.56. The Morgan fingerprint density at radius 3 is 2.94 bits per heavy atom. The molecule has 16 heavy (non-hydrogen) atoms. The van der Waals surface area contributed by atoms with Gasteiger partial charge in [0, 0.05) is 6.61 Å². The Balaban J connectivity index is 1.96. The lowest BCUT2D eigenvalue weighted by molar-refractivity contribution is 0.102. The van der Waals surface area contributed by atoms with E-state index >= 15 is 0 Å². The van der Waals surface area contributed by atoms with E-state index in [-0.39, 0.29) is 12.0 Å². The van der Waals surface area contributed by atoms with Gasteiger partial charge in [-0.3, -0.25) is 0 Å². The van der Waals surface area contributed by atoms with Gasteiger partial charge in [-0.15, -0.1) is 0 Å². The van der Waals surface area contributed by atoms with Crippen LogP contribution >= 0.6 is 0 Å². The molecule has 2 atom stereocenters. The summed E-state index contributed by atoms with van der Waals surface area (Å²) in [6, 6.07) is 0. The number of hydrogen-bond donors (Lipinski definition) is 1. The highest BCUT2D eigenvalue weighted by atomic mass is 16.5. The molecule has 2 heterocycles. The zero-order chi connectivity index (χ0) is 11.5. The van der Waals surface area contributed by atoms with Gasteiger partial charge >= 0.3 is 0 Å². The normalized spacial score (nSPS) is 22.9. The highest BCUT2D eigenvalue weighted by molar-refractivity contribution is 4.94. The van der Waals surface area contributed by atoms with Crippen molar-refractivity contribution in [2.75, 3.05) is 6.61 Å². The minimum Gasteiger partial charge on any atom is -0.392 e. The van der Waals surface area contributed by atoms with Gasteiger partial charge in [-0.2, -0.15) is 4.98 Å².